The van der Waals surface area contributed by atoms with Gasteiger partial charge in [-0.2, -0.15) is 10.3 Å². The van der Waals surface area contributed by atoms with E-state index < -0.39 is 11.8 Å². The Balaban J connectivity index is 2.29. The smallest absolute Gasteiger partial charge is 0.361 e. The number of rotatable bonds is 8. The monoisotopic (exact) mass is 321 g/mol. The van der Waals surface area contributed by atoms with Gasteiger partial charge in [-0.1, -0.05) is 19.8 Å². The fraction of sp³-hybridized carbons (Fsp3) is 0.438. The van der Waals surface area contributed by atoms with Gasteiger partial charge in [0.15, 0.2) is 5.69 Å². The van der Waals surface area contributed by atoms with E-state index in [-0.39, 0.29) is 18.0 Å². The van der Waals surface area contributed by atoms with Crippen LogP contribution in [-0.4, -0.2) is 34.6 Å². The number of aromatic amines is 1. The lowest BCUT2D eigenvalue weighted by molar-refractivity contribution is 0.0520. The Bertz CT molecular complexity index is 658. The van der Waals surface area contributed by atoms with E-state index in [4.69, 9.17) is 9.47 Å². The highest BCUT2D eigenvalue weighted by Gasteiger charge is 2.22. The quantitative estimate of drug-likeness (QED) is 0.596. The van der Waals surface area contributed by atoms with Gasteiger partial charge in [0.2, 0.25) is 0 Å². The molecule has 1 aromatic heterocycles. The lowest BCUT2D eigenvalue weighted by atomic mass is 10.1. The summed E-state index contributed by atoms with van der Waals surface area (Å²) in [6, 6.07) is 4.11. The van der Waals surface area contributed by atoms with Gasteiger partial charge in [0, 0.05) is 5.56 Å². The van der Waals surface area contributed by atoms with Crippen molar-refractivity contribution in [2.45, 2.75) is 33.1 Å². The summed E-state index contributed by atoms with van der Waals surface area (Å²) in [6.45, 7) is 4.53. The predicted octanol–water partition coefficient (Wildman–Crippen LogP) is 3.36. The Morgan fingerprint density at radius 2 is 2.09 bits per heavy atom. The molecule has 0 aliphatic heterocycles. The third kappa shape index (κ3) is 4.28. The fourth-order valence-corrected chi connectivity index (χ4v) is 2.11. The summed E-state index contributed by atoms with van der Waals surface area (Å²) in [5.74, 6) is -0.599. The Morgan fingerprint density at radius 3 is 2.83 bits per heavy atom. The topological polar surface area (TPSA) is 77.1 Å². The van der Waals surface area contributed by atoms with Gasteiger partial charge in [-0.3, -0.25) is 0 Å². The molecule has 0 spiro atoms. The van der Waals surface area contributed by atoms with E-state index in [0.717, 1.165) is 19.3 Å². The number of carbonyl (C=O) groups is 1. The Morgan fingerprint density at radius 1 is 1.26 bits per heavy atom. The highest BCUT2D eigenvalue weighted by Crippen LogP contribution is 2.31. The molecule has 0 aliphatic rings. The van der Waals surface area contributed by atoms with E-state index in [2.05, 4.69) is 22.3 Å². The minimum absolute atomic E-state index is 0.0101. The number of nitrogens with zero attached hydrogens (tertiary/aromatic N) is 2. The number of nitrogens with one attached hydrogen (secondary N) is 1. The summed E-state index contributed by atoms with van der Waals surface area (Å²) >= 11 is 0. The molecule has 0 bridgehead atoms. The van der Waals surface area contributed by atoms with Gasteiger partial charge in [-0.25, -0.2) is 9.18 Å². The maximum Gasteiger partial charge on any atom is 0.361 e. The van der Waals surface area contributed by atoms with Crippen LogP contribution in [0.3, 0.4) is 0 Å². The van der Waals surface area contributed by atoms with Gasteiger partial charge in [0.05, 0.1) is 13.2 Å². The largest absolute Gasteiger partial charge is 0.493 e. The van der Waals surface area contributed by atoms with Crippen molar-refractivity contribution in [1.82, 2.24) is 15.4 Å². The summed E-state index contributed by atoms with van der Waals surface area (Å²) in [7, 11) is 0. The zero-order chi connectivity index (χ0) is 16.7. The zero-order valence-corrected chi connectivity index (χ0v) is 13.3. The molecule has 1 heterocycles. The van der Waals surface area contributed by atoms with Crippen LogP contribution in [0.2, 0.25) is 0 Å². The molecule has 1 N–H and O–H groups in total. The molecule has 2 rings (SSSR count). The number of unbranched alkanes of at least 4 members (excludes halogenated alkanes) is 2. The normalized spacial score (nSPS) is 10.6. The Labute approximate surface area is 134 Å². The third-order valence-corrected chi connectivity index (χ3v) is 3.22. The van der Waals surface area contributed by atoms with Crippen molar-refractivity contribution in [1.29, 1.82) is 0 Å². The number of hydrogen-bond acceptors (Lipinski definition) is 5. The molecule has 0 saturated carbocycles. The van der Waals surface area contributed by atoms with E-state index in [0.29, 0.717) is 17.9 Å². The van der Waals surface area contributed by atoms with Crippen LogP contribution >= 0.6 is 0 Å². The minimum atomic E-state index is -0.613. The molecule has 0 fully saturated rings. The lowest BCUT2D eigenvalue weighted by Gasteiger charge is -2.10. The number of carbonyl (C=O) groups excluding carboxylic acids is 1. The SMILES string of the molecule is CCCCCOc1ccc(F)cc1-c1n[nH]nc1C(=O)OCC. The highest BCUT2D eigenvalue weighted by molar-refractivity contribution is 5.94. The van der Waals surface area contributed by atoms with Crippen molar-refractivity contribution in [3.63, 3.8) is 0 Å². The molecule has 0 unspecified atom stereocenters. The zero-order valence-electron chi connectivity index (χ0n) is 13.3. The number of hydrogen-bond donors (Lipinski definition) is 1. The van der Waals surface area contributed by atoms with Crippen molar-refractivity contribution in [2.24, 2.45) is 0 Å². The molecular formula is C16H20FN3O3. The van der Waals surface area contributed by atoms with Crippen LogP contribution in [0.5, 0.6) is 5.75 Å². The lowest BCUT2D eigenvalue weighted by Crippen LogP contribution is -2.07. The second kappa shape index (κ2) is 8.26. The Hall–Kier alpha value is -2.44. The summed E-state index contributed by atoms with van der Waals surface area (Å²) in [4.78, 5) is 11.9. The maximum absolute atomic E-state index is 13.6. The molecule has 23 heavy (non-hydrogen) atoms. The van der Waals surface area contributed by atoms with Crippen LogP contribution in [0.1, 0.15) is 43.6 Å². The average molecular weight is 321 g/mol. The third-order valence-electron chi connectivity index (χ3n) is 3.22. The van der Waals surface area contributed by atoms with Crippen molar-refractivity contribution >= 4 is 5.97 Å². The molecule has 0 aliphatic carbocycles. The summed E-state index contributed by atoms with van der Waals surface area (Å²) in [5, 5.41) is 10.1. The minimum Gasteiger partial charge on any atom is -0.493 e. The number of halogens is 1. The van der Waals surface area contributed by atoms with Crippen molar-refractivity contribution in [3.05, 3.63) is 29.7 Å². The van der Waals surface area contributed by atoms with Gasteiger partial charge < -0.3 is 9.47 Å². The van der Waals surface area contributed by atoms with Crippen molar-refractivity contribution in [2.75, 3.05) is 13.2 Å². The number of esters is 1. The van der Waals surface area contributed by atoms with Gasteiger partial charge >= 0.3 is 5.97 Å². The summed E-state index contributed by atoms with van der Waals surface area (Å²) in [5.41, 5.74) is 0.600. The van der Waals surface area contributed by atoms with E-state index in [1.165, 1.54) is 18.2 Å². The van der Waals surface area contributed by atoms with Gasteiger partial charge in [0.25, 0.3) is 0 Å². The second-order valence-electron chi connectivity index (χ2n) is 4.94. The first-order valence-electron chi connectivity index (χ1n) is 7.68. The van der Waals surface area contributed by atoms with Crippen LogP contribution in [0.25, 0.3) is 11.3 Å². The summed E-state index contributed by atoms with van der Waals surface area (Å²) in [6.07, 6.45) is 3.03. The number of aromatic nitrogens is 3. The molecule has 0 saturated heterocycles. The summed E-state index contributed by atoms with van der Waals surface area (Å²) < 4.78 is 24.3. The van der Waals surface area contributed by atoms with Crippen molar-refractivity contribution in [3.8, 4) is 17.0 Å². The predicted molar refractivity (Wildman–Crippen MR) is 82.8 cm³/mol. The van der Waals surface area contributed by atoms with E-state index in [1.54, 1.807) is 6.92 Å². The Kier molecular flexibility index (Phi) is 6.08. The van der Waals surface area contributed by atoms with Gasteiger partial charge in [0.1, 0.15) is 17.3 Å². The molecule has 2 aromatic rings. The molecule has 0 atom stereocenters. The first kappa shape index (κ1) is 16.9. The van der Waals surface area contributed by atoms with Crippen LogP contribution in [0.4, 0.5) is 4.39 Å². The van der Waals surface area contributed by atoms with E-state index in [1.807, 2.05) is 0 Å². The van der Waals surface area contributed by atoms with E-state index in [9.17, 15) is 9.18 Å². The first-order chi connectivity index (χ1) is 11.2. The fourth-order valence-electron chi connectivity index (χ4n) is 2.11. The molecular weight excluding hydrogens is 301 g/mol. The molecule has 7 heteroatoms. The van der Waals surface area contributed by atoms with Crippen LogP contribution in [0.15, 0.2) is 18.2 Å². The molecule has 0 radical (unpaired) electrons. The average Bonchev–Trinajstić information content (AvgIpc) is 3.02. The molecule has 124 valence electrons. The molecule has 1 aromatic carbocycles. The maximum atomic E-state index is 13.6. The van der Waals surface area contributed by atoms with Crippen LogP contribution < -0.4 is 4.74 Å². The molecule has 6 nitrogen and oxygen atoms in total. The number of benzene rings is 1. The molecule has 0 amide bonds. The number of H-pyrrole nitrogens is 1. The van der Waals surface area contributed by atoms with Crippen LogP contribution in [-0.2, 0) is 4.74 Å². The van der Waals surface area contributed by atoms with Crippen molar-refractivity contribution < 1.29 is 18.7 Å². The van der Waals surface area contributed by atoms with Gasteiger partial charge in [-0.05, 0) is 31.5 Å². The first-order valence-corrected chi connectivity index (χ1v) is 7.68. The van der Waals surface area contributed by atoms with E-state index >= 15 is 0 Å². The second-order valence-corrected chi connectivity index (χ2v) is 4.94. The van der Waals surface area contributed by atoms with Crippen LogP contribution in [0, 0.1) is 5.82 Å². The number of ether oxygens (including phenoxy) is 2. The van der Waals surface area contributed by atoms with Gasteiger partial charge in [-0.15, -0.1) is 5.10 Å². The standard InChI is InChI=1S/C16H20FN3O3/c1-3-5-6-9-23-13-8-7-11(17)10-12(13)14-15(19-20-18-14)16(21)22-4-2/h7-8,10H,3-6,9H2,1-2H3,(H,18,19,20). The highest BCUT2D eigenvalue weighted by atomic mass is 19.1.